The van der Waals surface area contributed by atoms with Crippen LogP contribution in [-0.4, -0.2) is 44.4 Å². The largest absolute Gasteiger partial charge is 0.422 e. The predicted octanol–water partition coefficient (Wildman–Crippen LogP) is 6.09. The van der Waals surface area contributed by atoms with Crippen LogP contribution < -0.4 is 4.90 Å². The van der Waals surface area contributed by atoms with Crippen molar-refractivity contribution >= 4 is 16.6 Å². The summed E-state index contributed by atoms with van der Waals surface area (Å²) in [5.41, 5.74) is 0.111. The number of aromatic nitrogens is 4. The molecule has 2 unspecified atom stereocenters. The molecule has 198 valence electrons. The van der Waals surface area contributed by atoms with E-state index in [4.69, 9.17) is 0 Å². The Hall–Kier alpha value is -4.44. The molecule has 10 heteroatoms. The minimum Gasteiger partial charge on any atom is -0.376 e. The van der Waals surface area contributed by atoms with Crippen molar-refractivity contribution in [3.63, 3.8) is 0 Å². The second-order valence-electron chi connectivity index (χ2n) is 9.56. The molecular weight excluding hydrogens is 510 g/mol. The monoisotopic (exact) mass is 533 g/mol. The lowest BCUT2D eigenvalue weighted by molar-refractivity contribution is -0.274. The molecule has 3 aromatic carbocycles. The minimum atomic E-state index is -4.98. The normalized spacial score (nSPS) is 16.8. The number of halogens is 4. The number of aliphatic hydroxyl groups is 1. The molecule has 0 bridgehead atoms. The zero-order valence-corrected chi connectivity index (χ0v) is 20.5. The number of hydrogen-bond acceptors (Lipinski definition) is 4. The molecule has 5 aromatic rings. The fourth-order valence-corrected chi connectivity index (χ4v) is 5.42. The lowest BCUT2D eigenvalue weighted by Gasteiger charge is -2.36. The van der Waals surface area contributed by atoms with Gasteiger partial charge in [0.1, 0.15) is 5.82 Å². The summed E-state index contributed by atoms with van der Waals surface area (Å²) in [6.07, 6.45) is -0.328. The Balaban J connectivity index is 1.46. The minimum absolute atomic E-state index is 0.0589. The number of benzene rings is 3. The Bertz CT molecular complexity index is 1660. The number of rotatable bonds is 6. The number of nitrogens with one attached hydrogen (secondary N) is 1. The summed E-state index contributed by atoms with van der Waals surface area (Å²) in [6.45, 7) is 4.01. The highest BCUT2D eigenvalue weighted by atomic mass is 19.4. The smallest absolute Gasteiger partial charge is 0.376 e. The molecule has 6 rings (SSSR count). The molecule has 2 N–H and O–H groups in total. The van der Waals surface area contributed by atoms with Crippen LogP contribution in [0.5, 0.6) is 0 Å². The number of alkyl halides is 3. The summed E-state index contributed by atoms with van der Waals surface area (Å²) in [4.78, 5) is 1.79. The zero-order chi connectivity index (χ0) is 27.4. The van der Waals surface area contributed by atoms with Gasteiger partial charge in [-0.2, -0.15) is 23.4 Å². The number of fused-ring (bicyclic) bond motifs is 2. The highest BCUT2D eigenvalue weighted by molar-refractivity contribution is 5.81. The van der Waals surface area contributed by atoms with Gasteiger partial charge in [0.25, 0.3) is 0 Å². The first-order chi connectivity index (χ1) is 18.7. The van der Waals surface area contributed by atoms with Gasteiger partial charge in [0.2, 0.25) is 0 Å². The number of H-pyrrole nitrogens is 1. The van der Waals surface area contributed by atoms with Crippen LogP contribution in [0.1, 0.15) is 17.0 Å². The van der Waals surface area contributed by atoms with Crippen molar-refractivity contribution in [1.82, 2.24) is 20.0 Å². The molecular formula is C29H23F4N5O. The standard InChI is InChI=1S/C29H23F4N5O/c1-2-13-37-17-24(23-9-3-18(15-27(23)37)25-11-12-34-36-25)28(39,29(31,32)33)20-4-10-26-19(14-20)16-35-38(26)22-7-5-21(30)6-8-22/h2-12,14-16,24,39H,1,13,17H2,(H,34,36). The van der Waals surface area contributed by atoms with E-state index in [-0.39, 0.29) is 12.1 Å². The average Bonchev–Trinajstić information content (AvgIpc) is 3.67. The van der Waals surface area contributed by atoms with Gasteiger partial charge in [0.15, 0.2) is 5.60 Å². The topological polar surface area (TPSA) is 70.0 Å². The van der Waals surface area contributed by atoms with Crippen LogP contribution in [0, 0.1) is 5.82 Å². The molecule has 6 nitrogen and oxygen atoms in total. The molecule has 1 aliphatic heterocycles. The Morgan fingerprint density at radius 1 is 1.05 bits per heavy atom. The van der Waals surface area contributed by atoms with E-state index in [2.05, 4.69) is 21.9 Å². The summed E-state index contributed by atoms with van der Waals surface area (Å²) >= 11 is 0. The highest BCUT2D eigenvalue weighted by Gasteiger charge is 2.62. The molecule has 2 aromatic heterocycles. The van der Waals surface area contributed by atoms with E-state index in [1.165, 1.54) is 53.3 Å². The molecule has 0 aliphatic carbocycles. The first-order valence-electron chi connectivity index (χ1n) is 12.2. The number of hydrogen-bond donors (Lipinski definition) is 2. The van der Waals surface area contributed by atoms with Gasteiger partial charge in [-0.05, 0) is 59.7 Å². The van der Waals surface area contributed by atoms with Crippen molar-refractivity contribution in [2.45, 2.75) is 17.7 Å². The Morgan fingerprint density at radius 2 is 1.85 bits per heavy atom. The van der Waals surface area contributed by atoms with Crippen LogP contribution in [0.15, 0.2) is 91.8 Å². The molecule has 0 amide bonds. The third-order valence-corrected chi connectivity index (χ3v) is 7.33. The average molecular weight is 534 g/mol. The molecule has 0 saturated heterocycles. The van der Waals surface area contributed by atoms with Gasteiger partial charge in [0, 0.05) is 41.8 Å². The van der Waals surface area contributed by atoms with E-state index in [0.29, 0.717) is 34.4 Å². The highest BCUT2D eigenvalue weighted by Crippen LogP contribution is 2.54. The summed E-state index contributed by atoms with van der Waals surface area (Å²) in [7, 11) is 0. The fourth-order valence-electron chi connectivity index (χ4n) is 5.42. The third-order valence-electron chi connectivity index (χ3n) is 7.33. The number of nitrogens with zero attached hydrogens (tertiary/aromatic N) is 4. The third kappa shape index (κ3) is 3.99. The van der Waals surface area contributed by atoms with Gasteiger partial charge < -0.3 is 10.0 Å². The number of aromatic amines is 1. The van der Waals surface area contributed by atoms with Gasteiger partial charge in [-0.3, -0.25) is 5.10 Å². The predicted molar refractivity (Wildman–Crippen MR) is 140 cm³/mol. The van der Waals surface area contributed by atoms with Crippen molar-refractivity contribution in [2.75, 3.05) is 18.0 Å². The maximum absolute atomic E-state index is 14.9. The molecule has 39 heavy (non-hydrogen) atoms. The van der Waals surface area contributed by atoms with Crippen molar-refractivity contribution in [2.24, 2.45) is 0 Å². The van der Waals surface area contributed by atoms with Crippen LogP contribution in [0.25, 0.3) is 27.8 Å². The van der Waals surface area contributed by atoms with Gasteiger partial charge in [-0.25, -0.2) is 9.07 Å². The van der Waals surface area contributed by atoms with Crippen LogP contribution in [0.2, 0.25) is 0 Å². The van der Waals surface area contributed by atoms with E-state index in [1.807, 2.05) is 0 Å². The van der Waals surface area contributed by atoms with Gasteiger partial charge in [-0.1, -0.05) is 24.3 Å². The van der Waals surface area contributed by atoms with E-state index in [0.717, 1.165) is 11.3 Å². The summed E-state index contributed by atoms with van der Waals surface area (Å²) in [5.74, 6) is -1.71. The van der Waals surface area contributed by atoms with Crippen LogP contribution in [-0.2, 0) is 5.60 Å². The first-order valence-corrected chi connectivity index (χ1v) is 12.2. The Kier molecular flexibility index (Phi) is 5.80. The summed E-state index contributed by atoms with van der Waals surface area (Å²) in [6, 6.07) is 16.7. The fraction of sp³-hybridized carbons (Fsp3) is 0.172. The maximum Gasteiger partial charge on any atom is 0.422 e. The quantitative estimate of drug-likeness (QED) is 0.205. The van der Waals surface area contributed by atoms with Crippen molar-refractivity contribution < 1.29 is 22.7 Å². The van der Waals surface area contributed by atoms with E-state index in [1.54, 1.807) is 41.4 Å². The molecule has 1 aliphatic rings. The maximum atomic E-state index is 14.9. The van der Waals surface area contributed by atoms with Gasteiger partial charge >= 0.3 is 6.18 Å². The summed E-state index contributed by atoms with van der Waals surface area (Å²) in [5, 5.41) is 23.2. The molecule has 0 saturated carbocycles. The Labute approximate surface area is 220 Å². The van der Waals surface area contributed by atoms with Crippen molar-refractivity contribution in [3.8, 4) is 16.9 Å². The van der Waals surface area contributed by atoms with E-state index >= 15 is 0 Å². The molecule has 3 heterocycles. The lowest BCUT2D eigenvalue weighted by atomic mass is 9.77. The lowest BCUT2D eigenvalue weighted by Crippen LogP contribution is -2.48. The van der Waals surface area contributed by atoms with Gasteiger partial charge in [0.05, 0.1) is 23.1 Å². The number of anilines is 1. The van der Waals surface area contributed by atoms with Gasteiger partial charge in [-0.15, -0.1) is 6.58 Å². The second-order valence-corrected chi connectivity index (χ2v) is 9.56. The molecule has 0 radical (unpaired) electrons. The summed E-state index contributed by atoms with van der Waals surface area (Å²) < 4.78 is 59.6. The van der Waals surface area contributed by atoms with Crippen LogP contribution in [0.3, 0.4) is 0 Å². The van der Waals surface area contributed by atoms with Crippen molar-refractivity contribution in [3.05, 3.63) is 109 Å². The zero-order valence-electron chi connectivity index (χ0n) is 20.5. The van der Waals surface area contributed by atoms with Crippen molar-refractivity contribution in [1.29, 1.82) is 0 Å². The molecule has 0 spiro atoms. The van der Waals surface area contributed by atoms with E-state index < -0.39 is 23.5 Å². The van der Waals surface area contributed by atoms with Crippen LogP contribution in [0.4, 0.5) is 23.2 Å². The van der Waals surface area contributed by atoms with Crippen LogP contribution >= 0.6 is 0 Å². The molecule has 0 fully saturated rings. The Morgan fingerprint density at radius 3 is 2.54 bits per heavy atom. The molecule has 2 atom stereocenters. The van der Waals surface area contributed by atoms with E-state index in [9.17, 15) is 22.7 Å². The SMILES string of the molecule is C=CCN1CC(C(O)(c2ccc3c(cnn3-c3ccc(F)cc3)c2)C(F)(F)F)c2ccc(-c3ccn[nH]3)cc21. The second kappa shape index (κ2) is 9.09. The first kappa shape index (κ1) is 24.9.